The Kier molecular flexibility index (Phi) is 6.93. The molecule has 0 aliphatic rings. The number of aromatic nitrogens is 3. The summed E-state index contributed by atoms with van der Waals surface area (Å²) in [4.78, 5) is 6.69. The molecule has 0 aliphatic carbocycles. The van der Waals surface area contributed by atoms with Crippen LogP contribution >= 0.6 is 0 Å². The molecule has 0 amide bonds. The standard InChI is InChI=1S/C18H28N6/c1-5-14-9-7-10-15(6-2)17(14)22-18-21-16(13-20-23-18)19-11-8-12-24(3)4/h7,9-10,13H,5-6,8,11-12H2,1-4H3,(H2,19,21,22,23). The number of anilines is 3. The lowest BCUT2D eigenvalue weighted by molar-refractivity contribution is 0.405. The first-order chi connectivity index (χ1) is 11.6. The van der Waals surface area contributed by atoms with E-state index < -0.39 is 0 Å². The van der Waals surface area contributed by atoms with Gasteiger partial charge in [0.1, 0.15) is 0 Å². The third-order valence-electron chi connectivity index (χ3n) is 3.88. The number of hydrogen-bond donors (Lipinski definition) is 2. The van der Waals surface area contributed by atoms with E-state index in [2.05, 4.69) is 76.9 Å². The molecule has 0 radical (unpaired) electrons. The van der Waals surface area contributed by atoms with E-state index in [1.165, 1.54) is 11.1 Å². The average molecular weight is 328 g/mol. The molecule has 6 heteroatoms. The minimum absolute atomic E-state index is 0.531. The zero-order chi connectivity index (χ0) is 17.4. The predicted octanol–water partition coefficient (Wildman–Crippen LogP) is 3.10. The highest BCUT2D eigenvalue weighted by Crippen LogP contribution is 2.25. The second-order valence-corrected chi connectivity index (χ2v) is 6.03. The van der Waals surface area contributed by atoms with Gasteiger partial charge in [0.2, 0.25) is 5.95 Å². The summed E-state index contributed by atoms with van der Waals surface area (Å²) in [5.41, 5.74) is 3.64. The molecule has 1 aromatic carbocycles. The van der Waals surface area contributed by atoms with Crippen LogP contribution in [0.15, 0.2) is 24.4 Å². The normalized spacial score (nSPS) is 10.9. The van der Waals surface area contributed by atoms with Crippen molar-refractivity contribution in [3.05, 3.63) is 35.5 Å². The van der Waals surface area contributed by atoms with Crippen LogP contribution in [-0.2, 0) is 12.8 Å². The van der Waals surface area contributed by atoms with E-state index in [4.69, 9.17) is 0 Å². The number of rotatable bonds is 9. The van der Waals surface area contributed by atoms with Gasteiger partial charge >= 0.3 is 0 Å². The van der Waals surface area contributed by atoms with E-state index in [9.17, 15) is 0 Å². The van der Waals surface area contributed by atoms with Crippen molar-refractivity contribution in [3.8, 4) is 0 Å². The molecule has 1 aromatic heterocycles. The minimum atomic E-state index is 0.531. The maximum Gasteiger partial charge on any atom is 0.249 e. The van der Waals surface area contributed by atoms with Gasteiger partial charge < -0.3 is 15.5 Å². The lowest BCUT2D eigenvalue weighted by Crippen LogP contribution is -2.17. The van der Waals surface area contributed by atoms with Gasteiger partial charge in [0.25, 0.3) is 0 Å². The summed E-state index contributed by atoms with van der Waals surface area (Å²) in [5, 5.41) is 14.8. The van der Waals surface area contributed by atoms with Crippen molar-refractivity contribution < 1.29 is 0 Å². The number of nitrogens with zero attached hydrogens (tertiary/aromatic N) is 4. The first kappa shape index (κ1) is 18.1. The monoisotopic (exact) mass is 328 g/mol. The summed E-state index contributed by atoms with van der Waals surface area (Å²) in [7, 11) is 4.15. The molecule has 0 aliphatic heterocycles. The third kappa shape index (κ3) is 5.16. The van der Waals surface area contributed by atoms with Crippen LogP contribution in [0.1, 0.15) is 31.4 Å². The quantitative estimate of drug-likeness (QED) is 0.690. The molecule has 0 spiro atoms. The van der Waals surface area contributed by atoms with Gasteiger partial charge in [-0.2, -0.15) is 10.1 Å². The highest BCUT2D eigenvalue weighted by atomic mass is 15.3. The summed E-state index contributed by atoms with van der Waals surface area (Å²) in [5.74, 6) is 1.28. The van der Waals surface area contributed by atoms with Gasteiger partial charge in [-0.3, -0.25) is 0 Å². The van der Waals surface area contributed by atoms with E-state index in [1.807, 2.05) is 0 Å². The van der Waals surface area contributed by atoms with Crippen LogP contribution in [-0.4, -0.2) is 47.3 Å². The zero-order valence-corrected chi connectivity index (χ0v) is 15.1. The van der Waals surface area contributed by atoms with Crippen molar-refractivity contribution in [1.82, 2.24) is 20.1 Å². The van der Waals surface area contributed by atoms with Crippen LogP contribution in [0.3, 0.4) is 0 Å². The highest BCUT2D eigenvalue weighted by molar-refractivity contribution is 5.64. The van der Waals surface area contributed by atoms with Gasteiger partial charge in [-0.15, -0.1) is 5.10 Å². The van der Waals surface area contributed by atoms with Crippen molar-refractivity contribution >= 4 is 17.5 Å². The Morgan fingerprint density at radius 3 is 2.42 bits per heavy atom. The van der Waals surface area contributed by atoms with E-state index in [0.717, 1.165) is 43.9 Å². The second kappa shape index (κ2) is 9.17. The number of nitrogens with one attached hydrogen (secondary N) is 2. The summed E-state index contributed by atoms with van der Waals surface area (Å²) >= 11 is 0. The molecule has 0 atom stereocenters. The van der Waals surface area contributed by atoms with Gasteiger partial charge in [0.15, 0.2) is 5.82 Å². The maximum absolute atomic E-state index is 4.53. The molecule has 24 heavy (non-hydrogen) atoms. The molecule has 2 N–H and O–H groups in total. The Balaban J connectivity index is 2.07. The summed E-state index contributed by atoms with van der Waals surface area (Å²) in [6.45, 7) is 6.21. The number of benzene rings is 1. The van der Waals surface area contributed by atoms with Crippen LogP contribution in [0.4, 0.5) is 17.5 Å². The molecule has 0 fully saturated rings. The SMILES string of the molecule is CCc1cccc(CC)c1Nc1nncc(NCCCN(C)C)n1. The summed E-state index contributed by atoms with van der Waals surface area (Å²) in [6.07, 6.45) is 4.64. The maximum atomic E-state index is 4.53. The zero-order valence-electron chi connectivity index (χ0n) is 15.1. The molecular weight excluding hydrogens is 300 g/mol. The second-order valence-electron chi connectivity index (χ2n) is 6.03. The molecule has 2 rings (SSSR count). The van der Waals surface area contributed by atoms with Crippen molar-refractivity contribution in [3.63, 3.8) is 0 Å². The van der Waals surface area contributed by atoms with Gasteiger partial charge in [-0.1, -0.05) is 32.0 Å². The fourth-order valence-corrected chi connectivity index (χ4v) is 2.57. The molecule has 0 saturated carbocycles. The van der Waals surface area contributed by atoms with Gasteiger partial charge in [0.05, 0.1) is 6.20 Å². The fraction of sp³-hybridized carbons (Fsp3) is 0.500. The molecule has 2 aromatic rings. The Morgan fingerprint density at radius 2 is 1.79 bits per heavy atom. The van der Waals surface area contributed by atoms with Crippen LogP contribution in [0, 0.1) is 0 Å². The van der Waals surface area contributed by atoms with Gasteiger partial charge in [-0.25, -0.2) is 0 Å². The summed E-state index contributed by atoms with van der Waals surface area (Å²) < 4.78 is 0. The Morgan fingerprint density at radius 1 is 1.08 bits per heavy atom. The van der Waals surface area contributed by atoms with Crippen molar-refractivity contribution in [2.45, 2.75) is 33.1 Å². The van der Waals surface area contributed by atoms with Crippen LogP contribution in [0.2, 0.25) is 0 Å². The number of para-hydroxylation sites is 1. The van der Waals surface area contributed by atoms with E-state index in [0.29, 0.717) is 5.95 Å². The predicted molar refractivity (Wildman–Crippen MR) is 100.0 cm³/mol. The molecule has 1 heterocycles. The first-order valence-corrected chi connectivity index (χ1v) is 8.60. The van der Waals surface area contributed by atoms with Crippen molar-refractivity contribution in [2.75, 3.05) is 37.8 Å². The lowest BCUT2D eigenvalue weighted by Gasteiger charge is -2.14. The van der Waals surface area contributed by atoms with E-state index in [-0.39, 0.29) is 0 Å². The minimum Gasteiger partial charge on any atom is -0.369 e. The van der Waals surface area contributed by atoms with E-state index in [1.54, 1.807) is 6.20 Å². The number of aryl methyl sites for hydroxylation is 2. The van der Waals surface area contributed by atoms with E-state index >= 15 is 0 Å². The summed E-state index contributed by atoms with van der Waals surface area (Å²) in [6, 6.07) is 6.38. The molecule has 130 valence electrons. The molecule has 0 bridgehead atoms. The molecule has 0 saturated heterocycles. The molecular formula is C18H28N6. The topological polar surface area (TPSA) is 66.0 Å². The van der Waals surface area contributed by atoms with Crippen LogP contribution < -0.4 is 10.6 Å². The number of hydrogen-bond acceptors (Lipinski definition) is 6. The Hall–Kier alpha value is -2.21. The Labute approximate surface area is 144 Å². The largest absolute Gasteiger partial charge is 0.369 e. The lowest BCUT2D eigenvalue weighted by atomic mass is 10.0. The van der Waals surface area contributed by atoms with Crippen molar-refractivity contribution in [2.24, 2.45) is 0 Å². The van der Waals surface area contributed by atoms with Crippen LogP contribution in [0.5, 0.6) is 0 Å². The van der Waals surface area contributed by atoms with Gasteiger partial charge in [0, 0.05) is 12.2 Å². The third-order valence-corrected chi connectivity index (χ3v) is 3.88. The van der Waals surface area contributed by atoms with Crippen LogP contribution in [0.25, 0.3) is 0 Å². The molecule has 6 nitrogen and oxygen atoms in total. The molecule has 0 unspecified atom stereocenters. The first-order valence-electron chi connectivity index (χ1n) is 8.60. The Bertz CT molecular complexity index is 619. The van der Waals surface area contributed by atoms with Gasteiger partial charge in [-0.05, 0) is 51.0 Å². The average Bonchev–Trinajstić information content (AvgIpc) is 2.59. The smallest absolute Gasteiger partial charge is 0.249 e. The fourth-order valence-electron chi connectivity index (χ4n) is 2.57. The highest BCUT2D eigenvalue weighted by Gasteiger charge is 2.09. The van der Waals surface area contributed by atoms with Crippen molar-refractivity contribution in [1.29, 1.82) is 0 Å².